The lowest BCUT2D eigenvalue weighted by Gasteiger charge is -2.05. The minimum absolute atomic E-state index is 0.0735. The summed E-state index contributed by atoms with van der Waals surface area (Å²) in [5.74, 6) is 0.577. The van der Waals surface area contributed by atoms with E-state index in [1.54, 1.807) is 0 Å². The van der Waals surface area contributed by atoms with Gasteiger partial charge in [-0.3, -0.25) is 10.1 Å². The Kier molecular flexibility index (Phi) is 4.28. The van der Waals surface area contributed by atoms with Gasteiger partial charge in [-0.1, -0.05) is 0 Å². The molecule has 0 aliphatic rings. The van der Waals surface area contributed by atoms with Crippen LogP contribution in [-0.4, -0.2) is 14.9 Å². The maximum Gasteiger partial charge on any atom is 0.321 e. The summed E-state index contributed by atoms with van der Waals surface area (Å²) in [5.41, 5.74) is 0.683. The van der Waals surface area contributed by atoms with Crippen LogP contribution in [0.2, 0.25) is 0 Å². The molecular formula is C11H7BrClN3O3. The van der Waals surface area contributed by atoms with Crippen LogP contribution in [0.3, 0.4) is 0 Å². The summed E-state index contributed by atoms with van der Waals surface area (Å²) in [4.78, 5) is 18.1. The molecule has 0 aliphatic carbocycles. The number of non-ortho nitro benzene ring substituents is 1. The number of hydrogen-bond donors (Lipinski definition) is 0. The van der Waals surface area contributed by atoms with Crippen molar-refractivity contribution in [3.63, 3.8) is 0 Å². The minimum atomic E-state index is -0.503. The molecule has 0 saturated carbocycles. The van der Waals surface area contributed by atoms with Crippen LogP contribution in [-0.2, 0) is 5.88 Å². The van der Waals surface area contributed by atoms with Crippen molar-refractivity contribution in [2.45, 2.75) is 5.88 Å². The molecule has 19 heavy (non-hydrogen) atoms. The van der Waals surface area contributed by atoms with E-state index in [-0.39, 0.29) is 17.4 Å². The van der Waals surface area contributed by atoms with Crippen molar-refractivity contribution in [1.29, 1.82) is 0 Å². The molecule has 0 unspecified atom stereocenters. The predicted octanol–water partition coefficient (Wildman–Crippen LogP) is 3.68. The molecule has 1 aromatic carbocycles. The Morgan fingerprint density at radius 2 is 2.05 bits per heavy atom. The van der Waals surface area contributed by atoms with Gasteiger partial charge in [-0.05, 0) is 22.0 Å². The maximum atomic E-state index is 10.7. The number of hydrogen-bond acceptors (Lipinski definition) is 5. The molecule has 0 atom stereocenters. The van der Waals surface area contributed by atoms with E-state index in [1.807, 2.05) is 0 Å². The molecule has 0 radical (unpaired) electrons. The normalized spacial score (nSPS) is 10.2. The van der Waals surface area contributed by atoms with Gasteiger partial charge in [0.2, 0.25) is 0 Å². The van der Waals surface area contributed by atoms with Crippen molar-refractivity contribution >= 4 is 33.2 Å². The SMILES string of the molecule is O=[N+]([O-])c1ccc(Br)c(Oc2ncc(CCl)cn2)c1. The van der Waals surface area contributed by atoms with Gasteiger partial charge in [0.1, 0.15) is 0 Å². The summed E-state index contributed by atoms with van der Waals surface area (Å²) in [7, 11) is 0. The van der Waals surface area contributed by atoms with E-state index in [2.05, 4.69) is 25.9 Å². The number of nitrogens with zero attached hydrogens (tertiary/aromatic N) is 3. The van der Waals surface area contributed by atoms with Gasteiger partial charge in [0.25, 0.3) is 5.69 Å². The Balaban J connectivity index is 2.26. The molecule has 1 heterocycles. The standard InChI is InChI=1S/C11H7BrClN3O3/c12-9-2-1-8(16(17)18)3-10(9)19-11-14-5-7(4-13)6-15-11/h1-3,5-6H,4H2. The van der Waals surface area contributed by atoms with Crippen molar-refractivity contribution in [1.82, 2.24) is 9.97 Å². The molecule has 0 aliphatic heterocycles. The first-order valence-electron chi connectivity index (χ1n) is 5.09. The number of ether oxygens (including phenoxy) is 1. The number of aromatic nitrogens is 2. The van der Waals surface area contributed by atoms with Gasteiger partial charge in [-0.25, -0.2) is 9.97 Å². The number of rotatable bonds is 4. The van der Waals surface area contributed by atoms with Crippen LogP contribution in [0.15, 0.2) is 35.1 Å². The Bertz CT molecular complexity index is 607. The first kappa shape index (κ1) is 13.7. The summed E-state index contributed by atoms with van der Waals surface area (Å²) in [6.45, 7) is 0. The predicted molar refractivity (Wildman–Crippen MR) is 72.5 cm³/mol. The molecule has 0 fully saturated rings. The molecule has 0 N–H and O–H groups in total. The zero-order valence-corrected chi connectivity index (χ0v) is 11.8. The van der Waals surface area contributed by atoms with Crippen LogP contribution in [0, 0.1) is 10.1 Å². The summed E-state index contributed by atoms with van der Waals surface area (Å²) >= 11 is 8.86. The lowest BCUT2D eigenvalue weighted by atomic mass is 10.3. The summed E-state index contributed by atoms with van der Waals surface area (Å²) in [6, 6.07) is 4.29. The lowest BCUT2D eigenvalue weighted by Crippen LogP contribution is -1.95. The van der Waals surface area contributed by atoms with Gasteiger partial charge >= 0.3 is 6.01 Å². The van der Waals surface area contributed by atoms with Gasteiger partial charge in [0, 0.05) is 24.0 Å². The Morgan fingerprint density at radius 3 is 2.63 bits per heavy atom. The number of nitro groups is 1. The molecule has 1 aromatic heterocycles. The fourth-order valence-electron chi connectivity index (χ4n) is 1.25. The van der Waals surface area contributed by atoms with Crippen molar-refractivity contribution < 1.29 is 9.66 Å². The summed E-state index contributed by atoms with van der Waals surface area (Å²) < 4.78 is 5.96. The molecule has 2 aromatic rings. The smallest absolute Gasteiger partial charge is 0.321 e. The van der Waals surface area contributed by atoms with E-state index in [0.29, 0.717) is 10.4 Å². The van der Waals surface area contributed by atoms with Gasteiger partial charge in [0.05, 0.1) is 21.3 Å². The molecule has 98 valence electrons. The second-order valence-corrected chi connectivity index (χ2v) is 4.60. The monoisotopic (exact) mass is 343 g/mol. The fraction of sp³-hybridized carbons (Fsp3) is 0.0909. The van der Waals surface area contributed by atoms with E-state index in [9.17, 15) is 10.1 Å². The van der Waals surface area contributed by atoms with E-state index in [0.717, 1.165) is 5.56 Å². The van der Waals surface area contributed by atoms with Crippen LogP contribution >= 0.6 is 27.5 Å². The van der Waals surface area contributed by atoms with Crippen LogP contribution in [0.4, 0.5) is 5.69 Å². The number of nitro benzene ring substituents is 1. The Morgan fingerprint density at radius 1 is 1.37 bits per heavy atom. The topological polar surface area (TPSA) is 78.2 Å². The Hall–Kier alpha value is -1.73. The van der Waals surface area contributed by atoms with Gasteiger partial charge in [0.15, 0.2) is 5.75 Å². The molecular weight excluding hydrogens is 337 g/mol. The third-order valence-corrected chi connectivity index (χ3v) is 3.13. The van der Waals surface area contributed by atoms with E-state index in [1.165, 1.54) is 30.6 Å². The largest absolute Gasteiger partial charge is 0.423 e. The fourth-order valence-corrected chi connectivity index (χ4v) is 1.71. The highest BCUT2D eigenvalue weighted by Crippen LogP contribution is 2.31. The van der Waals surface area contributed by atoms with Gasteiger partial charge in [-0.15, -0.1) is 11.6 Å². The minimum Gasteiger partial charge on any atom is -0.423 e. The molecule has 8 heteroatoms. The molecule has 0 spiro atoms. The Labute approximate surface area is 121 Å². The first-order valence-corrected chi connectivity index (χ1v) is 6.41. The molecule has 0 amide bonds. The highest BCUT2D eigenvalue weighted by molar-refractivity contribution is 9.10. The van der Waals surface area contributed by atoms with Crippen LogP contribution in [0.5, 0.6) is 11.8 Å². The first-order chi connectivity index (χ1) is 9.10. The van der Waals surface area contributed by atoms with Crippen molar-refractivity contribution in [2.24, 2.45) is 0 Å². The van der Waals surface area contributed by atoms with Crippen molar-refractivity contribution in [3.05, 3.63) is 50.7 Å². The van der Waals surface area contributed by atoms with Crippen molar-refractivity contribution in [3.8, 4) is 11.8 Å². The summed E-state index contributed by atoms with van der Waals surface area (Å²) in [5, 5.41) is 10.7. The second kappa shape index (κ2) is 5.94. The van der Waals surface area contributed by atoms with Gasteiger partial charge < -0.3 is 4.74 Å². The molecule has 6 nitrogen and oxygen atoms in total. The number of halogens is 2. The van der Waals surface area contributed by atoms with Crippen molar-refractivity contribution in [2.75, 3.05) is 0 Å². The zero-order chi connectivity index (χ0) is 13.8. The van der Waals surface area contributed by atoms with Crippen LogP contribution in [0.1, 0.15) is 5.56 Å². The quantitative estimate of drug-likeness (QED) is 0.480. The van der Waals surface area contributed by atoms with Crippen LogP contribution < -0.4 is 4.74 Å². The highest BCUT2D eigenvalue weighted by atomic mass is 79.9. The van der Waals surface area contributed by atoms with Gasteiger partial charge in [-0.2, -0.15) is 0 Å². The maximum absolute atomic E-state index is 10.7. The van der Waals surface area contributed by atoms with E-state index in [4.69, 9.17) is 16.3 Å². The zero-order valence-electron chi connectivity index (χ0n) is 9.42. The van der Waals surface area contributed by atoms with Crippen LogP contribution in [0.25, 0.3) is 0 Å². The highest BCUT2D eigenvalue weighted by Gasteiger charge is 2.12. The number of alkyl halides is 1. The summed E-state index contributed by atoms with van der Waals surface area (Å²) in [6.07, 6.45) is 3.06. The molecule has 0 saturated heterocycles. The second-order valence-electron chi connectivity index (χ2n) is 3.48. The third-order valence-electron chi connectivity index (χ3n) is 2.16. The average molecular weight is 345 g/mol. The molecule has 2 rings (SSSR count). The molecule has 0 bridgehead atoms. The van der Waals surface area contributed by atoms with E-state index >= 15 is 0 Å². The van der Waals surface area contributed by atoms with E-state index < -0.39 is 4.92 Å². The number of benzene rings is 1. The lowest BCUT2D eigenvalue weighted by molar-refractivity contribution is -0.384. The third kappa shape index (κ3) is 3.39. The average Bonchev–Trinajstić information content (AvgIpc) is 2.42.